The Morgan fingerprint density at radius 3 is 1.04 bits per heavy atom. The summed E-state index contributed by atoms with van der Waals surface area (Å²) in [5.41, 5.74) is 21.3. The van der Waals surface area contributed by atoms with Crippen molar-refractivity contribution >= 4 is 11.0 Å². The number of hydrogen-bond acceptors (Lipinski definition) is 4. The normalized spacial score (nSPS) is 13.6. The second-order valence-corrected chi connectivity index (χ2v) is 19.4. The molecule has 0 saturated carbocycles. The summed E-state index contributed by atoms with van der Waals surface area (Å²) in [6, 6.07) is 57.7. The van der Waals surface area contributed by atoms with Gasteiger partial charge in [-0.1, -0.05) is 200 Å². The van der Waals surface area contributed by atoms with Gasteiger partial charge in [-0.25, -0.2) is 9.97 Å². The third kappa shape index (κ3) is 7.62. The molecule has 4 nitrogen and oxygen atoms in total. The summed E-state index contributed by atoms with van der Waals surface area (Å²) in [6.45, 7) is 9.22. The Kier molecular flexibility index (Phi) is 12.4. The van der Waals surface area contributed by atoms with Crippen LogP contribution in [0.5, 0.6) is 0 Å². The van der Waals surface area contributed by atoms with Gasteiger partial charge in [0.25, 0.3) is 0 Å². The second kappa shape index (κ2) is 18.9. The van der Waals surface area contributed by atoms with E-state index >= 15 is 0 Å². The highest BCUT2D eigenvalue weighted by atomic mass is 14.8. The third-order valence-corrected chi connectivity index (χ3v) is 15.4. The number of rotatable bonds is 16. The fraction of sp³-hybridized carbons (Fsp3) is 0.281. The van der Waals surface area contributed by atoms with Gasteiger partial charge < -0.3 is 0 Å². The molecule has 7 aromatic carbocycles. The molecule has 0 atom stereocenters. The molecule has 0 fully saturated rings. The van der Waals surface area contributed by atoms with E-state index in [-0.39, 0.29) is 10.8 Å². The van der Waals surface area contributed by atoms with Crippen LogP contribution in [0.25, 0.3) is 78.1 Å². The van der Waals surface area contributed by atoms with Crippen molar-refractivity contribution in [1.29, 1.82) is 10.5 Å². The van der Waals surface area contributed by atoms with Crippen molar-refractivity contribution < 1.29 is 0 Å². The third-order valence-electron chi connectivity index (χ3n) is 15.4. The van der Waals surface area contributed by atoms with Gasteiger partial charge in [0.1, 0.15) is 12.1 Å². The van der Waals surface area contributed by atoms with Crippen molar-refractivity contribution in [3.8, 4) is 79.2 Å². The minimum absolute atomic E-state index is 0.0208. The van der Waals surface area contributed by atoms with E-state index in [4.69, 9.17) is 9.97 Å². The van der Waals surface area contributed by atoms with E-state index < -0.39 is 0 Å². The molecule has 2 aliphatic rings. The molecule has 2 aliphatic carbocycles. The Labute approximate surface area is 403 Å². The van der Waals surface area contributed by atoms with Crippen LogP contribution in [0.1, 0.15) is 138 Å². The van der Waals surface area contributed by atoms with E-state index in [9.17, 15) is 10.5 Å². The maximum atomic E-state index is 9.97. The summed E-state index contributed by atoms with van der Waals surface area (Å²) in [6.07, 6.45) is 14.1. The first-order chi connectivity index (χ1) is 33.4. The van der Waals surface area contributed by atoms with Gasteiger partial charge in [-0.3, -0.25) is 0 Å². The Bertz CT molecular complexity index is 3020. The monoisotopic (exact) mass is 884 g/mol. The van der Waals surface area contributed by atoms with Gasteiger partial charge in [0.05, 0.1) is 33.5 Å². The lowest BCUT2D eigenvalue weighted by atomic mass is 9.70. The molecule has 1 heterocycles. The molecule has 336 valence electrons. The second-order valence-electron chi connectivity index (χ2n) is 19.4. The first-order valence-electron chi connectivity index (χ1n) is 25.3. The molecule has 0 aliphatic heterocycles. The molecular formula is C64H60N4. The molecule has 1 aromatic heterocycles. The highest BCUT2D eigenvalue weighted by Gasteiger charge is 2.43. The van der Waals surface area contributed by atoms with Crippen LogP contribution in [-0.4, -0.2) is 9.97 Å². The molecule has 4 heteroatoms. The molecule has 0 spiro atoms. The average molecular weight is 885 g/mol. The molecule has 0 saturated heterocycles. The van der Waals surface area contributed by atoms with Gasteiger partial charge in [-0.15, -0.1) is 0 Å². The number of aromatic nitrogens is 2. The highest BCUT2D eigenvalue weighted by molar-refractivity contribution is 5.90. The van der Waals surface area contributed by atoms with Crippen molar-refractivity contribution in [2.75, 3.05) is 0 Å². The van der Waals surface area contributed by atoms with Gasteiger partial charge in [-0.05, 0) is 117 Å². The number of nitriles is 2. The summed E-state index contributed by atoms with van der Waals surface area (Å²) < 4.78 is 0. The Morgan fingerprint density at radius 2 is 0.691 bits per heavy atom. The molecule has 0 N–H and O–H groups in total. The van der Waals surface area contributed by atoms with Crippen LogP contribution in [0.15, 0.2) is 146 Å². The first kappa shape index (κ1) is 44.7. The largest absolute Gasteiger partial charge is 0.244 e. The van der Waals surface area contributed by atoms with E-state index in [0.717, 1.165) is 59.3 Å². The molecule has 0 unspecified atom stereocenters. The molecule has 0 bridgehead atoms. The standard InChI is InChI=1S/C64H60N4/c1-5-9-33-63(34-10-6-2)55-19-15-13-17-51(55)53-31-29-47(37-57(53)63)43-21-25-45(26-22-43)61-62(68-60-40-50(42-66)49(41-65)39-59(60)67-61)46-27-23-44(24-28-46)48-30-32-54-52-18-14-16-20-56(52)64(35-11-7-3,36-12-8-4)58(54)38-48/h13-32,37-40H,5-12,33-36H2,1-4H3. The molecule has 8 aromatic rings. The number of fused-ring (bicyclic) bond motifs is 7. The van der Waals surface area contributed by atoms with Crippen LogP contribution in [0.4, 0.5) is 0 Å². The lowest BCUT2D eigenvalue weighted by Gasteiger charge is -2.33. The van der Waals surface area contributed by atoms with Crippen molar-refractivity contribution in [3.05, 3.63) is 179 Å². The lowest BCUT2D eigenvalue weighted by molar-refractivity contribution is 0.414. The molecule has 0 radical (unpaired) electrons. The van der Waals surface area contributed by atoms with Gasteiger partial charge in [0, 0.05) is 22.0 Å². The minimum Gasteiger partial charge on any atom is -0.244 e. The number of unbranched alkanes of at least 4 members (excludes halogenated alkanes) is 4. The van der Waals surface area contributed by atoms with E-state index in [1.54, 1.807) is 12.1 Å². The van der Waals surface area contributed by atoms with Crippen molar-refractivity contribution in [2.24, 2.45) is 0 Å². The Balaban J connectivity index is 1.04. The van der Waals surface area contributed by atoms with Crippen LogP contribution >= 0.6 is 0 Å². The quantitative estimate of drug-likeness (QED) is 0.0969. The predicted octanol–water partition coefficient (Wildman–Crippen LogP) is 17.3. The summed E-state index contributed by atoms with van der Waals surface area (Å²) in [4.78, 5) is 10.5. The molecular weight excluding hydrogens is 825 g/mol. The fourth-order valence-corrected chi connectivity index (χ4v) is 11.8. The number of nitrogens with zero attached hydrogens (tertiary/aromatic N) is 4. The maximum Gasteiger partial charge on any atom is 0.101 e. The Hall–Kier alpha value is -7.14. The van der Waals surface area contributed by atoms with E-state index in [2.05, 4.69) is 173 Å². The SMILES string of the molecule is CCCCC1(CCCC)c2ccccc2-c2ccc(-c3ccc(-c4nc5cc(C#N)c(C#N)cc5nc4-c4ccc(-c5ccc6c(c5)C(CCCC)(CCCC)c5ccccc5-6)cc4)cc3)cc21. The lowest BCUT2D eigenvalue weighted by Crippen LogP contribution is -2.25. The van der Waals surface area contributed by atoms with E-state index in [1.807, 2.05) is 0 Å². The summed E-state index contributed by atoms with van der Waals surface area (Å²) in [5, 5.41) is 19.9. The van der Waals surface area contributed by atoms with E-state index in [1.165, 1.54) is 107 Å². The highest BCUT2D eigenvalue weighted by Crippen LogP contribution is 2.56. The summed E-state index contributed by atoms with van der Waals surface area (Å²) >= 11 is 0. The van der Waals surface area contributed by atoms with E-state index in [0.29, 0.717) is 22.2 Å². The number of hydrogen-bond donors (Lipinski definition) is 0. The van der Waals surface area contributed by atoms with Crippen LogP contribution in [0, 0.1) is 22.7 Å². The smallest absolute Gasteiger partial charge is 0.101 e. The van der Waals surface area contributed by atoms with Crippen molar-refractivity contribution in [2.45, 2.75) is 116 Å². The predicted molar refractivity (Wildman–Crippen MR) is 281 cm³/mol. The van der Waals surface area contributed by atoms with Crippen LogP contribution in [-0.2, 0) is 10.8 Å². The van der Waals surface area contributed by atoms with Crippen LogP contribution < -0.4 is 0 Å². The minimum atomic E-state index is 0.0208. The zero-order valence-corrected chi connectivity index (χ0v) is 40.1. The molecule has 68 heavy (non-hydrogen) atoms. The summed E-state index contributed by atoms with van der Waals surface area (Å²) in [7, 11) is 0. The molecule has 10 rings (SSSR count). The first-order valence-corrected chi connectivity index (χ1v) is 25.3. The maximum absolute atomic E-state index is 9.97. The summed E-state index contributed by atoms with van der Waals surface area (Å²) in [5.74, 6) is 0. The van der Waals surface area contributed by atoms with Gasteiger partial charge in [0.2, 0.25) is 0 Å². The Morgan fingerprint density at radius 1 is 0.368 bits per heavy atom. The van der Waals surface area contributed by atoms with Crippen molar-refractivity contribution in [3.63, 3.8) is 0 Å². The fourth-order valence-electron chi connectivity index (χ4n) is 11.8. The topological polar surface area (TPSA) is 73.4 Å². The van der Waals surface area contributed by atoms with Crippen LogP contribution in [0.3, 0.4) is 0 Å². The van der Waals surface area contributed by atoms with Crippen molar-refractivity contribution in [1.82, 2.24) is 9.97 Å². The van der Waals surface area contributed by atoms with Gasteiger partial charge in [-0.2, -0.15) is 10.5 Å². The average Bonchev–Trinajstić information content (AvgIpc) is 3.83. The molecule has 0 amide bonds. The van der Waals surface area contributed by atoms with Gasteiger partial charge in [0.15, 0.2) is 0 Å². The zero-order chi connectivity index (χ0) is 46.8. The van der Waals surface area contributed by atoms with Crippen LogP contribution in [0.2, 0.25) is 0 Å². The number of benzene rings is 7. The zero-order valence-electron chi connectivity index (χ0n) is 40.1. The van der Waals surface area contributed by atoms with Gasteiger partial charge >= 0.3 is 0 Å².